The van der Waals surface area contributed by atoms with Gasteiger partial charge in [0.05, 0.1) is 10.3 Å². The van der Waals surface area contributed by atoms with Crippen molar-refractivity contribution < 1.29 is 13.2 Å². The highest BCUT2D eigenvalue weighted by Gasteiger charge is 2.25. The molecule has 0 fully saturated rings. The van der Waals surface area contributed by atoms with Crippen LogP contribution in [0.2, 0.25) is 0 Å². The Hall–Kier alpha value is -3.04. The van der Waals surface area contributed by atoms with E-state index in [1.54, 1.807) is 38.1 Å². The van der Waals surface area contributed by atoms with Gasteiger partial charge in [-0.05, 0) is 74.9 Å². The Balaban J connectivity index is 1.97. The zero-order chi connectivity index (χ0) is 25.2. The molecule has 1 aromatic heterocycles. The number of sulfonamides is 1. The lowest BCUT2D eigenvalue weighted by molar-refractivity contribution is 0.0939. The third kappa shape index (κ3) is 4.76. The fraction of sp³-hybridized carbons (Fsp3) is 0.400. The summed E-state index contributed by atoms with van der Waals surface area (Å²) in [5, 5.41) is 5.00. The molecule has 1 heterocycles. The summed E-state index contributed by atoms with van der Waals surface area (Å²) in [5.41, 5.74) is 6.10. The van der Waals surface area contributed by atoms with Gasteiger partial charge < -0.3 is 0 Å². The summed E-state index contributed by atoms with van der Waals surface area (Å²) in [6.45, 7) is 11.7. The molecule has 0 radical (unpaired) electrons. The molecule has 0 unspecified atom stereocenters. The van der Waals surface area contributed by atoms with E-state index in [9.17, 15) is 18.0 Å². The molecule has 0 saturated heterocycles. The van der Waals surface area contributed by atoms with E-state index in [0.29, 0.717) is 28.4 Å². The van der Waals surface area contributed by atoms with Crippen molar-refractivity contribution in [3.63, 3.8) is 0 Å². The quantitative estimate of drug-likeness (QED) is 0.374. The number of aromatic nitrogens is 2. The Bertz CT molecular complexity index is 1400. The molecule has 0 saturated carbocycles. The van der Waals surface area contributed by atoms with Gasteiger partial charge in [-0.2, -0.15) is 5.10 Å². The number of nitrogens with one attached hydrogen (secondary N) is 2. The minimum Gasteiger partial charge on any atom is -0.272 e. The van der Waals surface area contributed by atoms with Gasteiger partial charge in [0.25, 0.3) is 21.5 Å². The van der Waals surface area contributed by atoms with Gasteiger partial charge >= 0.3 is 0 Å². The lowest BCUT2D eigenvalue weighted by Crippen LogP contribution is -2.43. The molecule has 0 bridgehead atoms. The van der Waals surface area contributed by atoms with Crippen LogP contribution in [0.1, 0.15) is 64.5 Å². The maximum atomic E-state index is 13.2. The molecule has 0 spiro atoms. The van der Waals surface area contributed by atoms with Crippen LogP contribution in [0.15, 0.2) is 34.0 Å². The lowest BCUT2D eigenvalue weighted by atomic mass is 9.95. The van der Waals surface area contributed by atoms with Crippen LogP contribution in [0.5, 0.6) is 0 Å². The molecule has 8 nitrogen and oxygen atoms in total. The number of carbonyl (C=O) groups is 1. The van der Waals surface area contributed by atoms with Crippen molar-refractivity contribution in [3.05, 3.63) is 68.1 Å². The number of rotatable bonds is 8. The van der Waals surface area contributed by atoms with Crippen LogP contribution in [0.25, 0.3) is 10.8 Å². The maximum Gasteiger partial charge on any atom is 0.287 e. The number of hydrazine groups is 1. The van der Waals surface area contributed by atoms with Crippen molar-refractivity contribution in [2.24, 2.45) is 0 Å². The molecule has 2 N–H and O–H groups in total. The summed E-state index contributed by atoms with van der Waals surface area (Å²) in [5.74, 6) is -0.736. The van der Waals surface area contributed by atoms with Gasteiger partial charge in [0.15, 0.2) is 5.69 Å². The maximum absolute atomic E-state index is 13.2. The number of amides is 1. The summed E-state index contributed by atoms with van der Waals surface area (Å²) < 4.78 is 27.6. The monoisotopic (exact) mass is 484 g/mol. The van der Waals surface area contributed by atoms with Crippen LogP contribution in [0.3, 0.4) is 0 Å². The molecular weight excluding hydrogens is 452 g/mol. The molecule has 3 aromatic rings. The van der Waals surface area contributed by atoms with E-state index < -0.39 is 15.9 Å². The van der Waals surface area contributed by atoms with Crippen molar-refractivity contribution in [2.75, 3.05) is 0 Å². The van der Waals surface area contributed by atoms with Gasteiger partial charge in [-0.15, -0.1) is 4.83 Å². The number of benzene rings is 2. The number of hydrogen-bond donors (Lipinski definition) is 2. The molecule has 182 valence electrons. The SMILES string of the molecule is CCCCCn1nc(C(=O)NNS(=O)(=O)c2c(C)c(C)c(C)c(C)c2C)c2ccccc2c1=O. The normalized spacial score (nSPS) is 11.7. The molecule has 0 aliphatic rings. The summed E-state index contributed by atoms with van der Waals surface area (Å²) in [6.07, 6.45) is 2.66. The van der Waals surface area contributed by atoms with Gasteiger partial charge in [-0.25, -0.2) is 13.1 Å². The highest BCUT2D eigenvalue weighted by molar-refractivity contribution is 7.89. The first-order chi connectivity index (χ1) is 16.0. The Labute approximate surface area is 200 Å². The highest BCUT2D eigenvalue weighted by Crippen LogP contribution is 2.29. The minimum atomic E-state index is -4.05. The molecule has 9 heteroatoms. The number of aryl methyl sites for hydroxylation is 1. The highest BCUT2D eigenvalue weighted by atomic mass is 32.2. The minimum absolute atomic E-state index is 0.0147. The number of unbranched alkanes of at least 4 members (excludes halogenated alkanes) is 2. The Kier molecular flexibility index (Phi) is 7.57. The van der Waals surface area contributed by atoms with E-state index in [2.05, 4.69) is 22.3 Å². The Morgan fingerprint density at radius 1 is 0.912 bits per heavy atom. The molecule has 2 aromatic carbocycles. The van der Waals surface area contributed by atoms with Crippen molar-refractivity contribution >= 4 is 26.7 Å². The zero-order valence-electron chi connectivity index (χ0n) is 20.6. The van der Waals surface area contributed by atoms with Crippen molar-refractivity contribution in [1.82, 2.24) is 20.0 Å². The second-order valence-corrected chi connectivity index (χ2v) is 10.3. The average molecular weight is 485 g/mol. The van der Waals surface area contributed by atoms with Gasteiger partial charge in [-0.3, -0.25) is 15.0 Å². The first-order valence-electron chi connectivity index (χ1n) is 11.4. The molecular formula is C25H32N4O4S. The Morgan fingerprint density at radius 3 is 2.06 bits per heavy atom. The molecule has 3 rings (SSSR count). The van der Waals surface area contributed by atoms with Crippen LogP contribution >= 0.6 is 0 Å². The molecule has 0 aliphatic heterocycles. The van der Waals surface area contributed by atoms with E-state index in [4.69, 9.17) is 0 Å². The molecule has 0 aliphatic carbocycles. The molecule has 1 amide bonds. The molecule has 34 heavy (non-hydrogen) atoms. The van der Waals surface area contributed by atoms with Crippen LogP contribution in [-0.2, 0) is 16.6 Å². The second-order valence-electron chi connectivity index (χ2n) is 8.64. The van der Waals surface area contributed by atoms with Gasteiger partial charge in [0.1, 0.15) is 0 Å². The molecule has 0 atom stereocenters. The average Bonchev–Trinajstić information content (AvgIpc) is 2.81. The van der Waals surface area contributed by atoms with Crippen LogP contribution < -0.4 is 15.8 Å². The van der Waals surface area contributed by atoms with E-state index in [1.807, 2.05) is 20.8 Å². The predicted octanol–water partition coefficient (Wildman–Crippen LogP) is 3.75. The summed E-state index contributed by atoms with van der Waals surface area (Å²) in [6, 6.07) is 6.69. The van der Waals surface area contributed by atoms with Gasteiger partial charge in [0, 0.05) is 11.9 Å². The topological polar surface area (TPSA) is 110 Å². The lowest BCUT2D eigenvalue weighted by Gasteiger charge is -2.19. The number of fused-ring (bicyclic) bond motifs is 1. The smallest absolute Gasteiger partial charge is 0.272 e. The van der Waals surface area contributed by atoms with Crippen LogP contribution in [0, 0.1) is 34.6 Å². The van der Waals surface area contributed by atoms with Crippen molar-refractivity contribution in [1.29, 1.82) is 0 Å². The largest absolute Gasteiger partial charge is 0.287 e. The second kappa shape index (κ2) is 10.1. The Morgan fingerprint density at radius 2 is 1.47 bits per heavy atom. The third-order valence-corrected chi connectivity index (χ3v) is 8.08. The predicted molar refractivity (Wildman–Crippen MR) is 133 cm³/mol. The number of carbonyl (C=O) groups excluding carboxylic acids is 1. The van der Waals surface area contributed by atoms with Gasteiger partial charge in [-0.1, -0.05) is 38.0 Å². The van der Waals surface area contributed by atoms with Crippen LogP contribution in [0.4, 0.5) is 0 Å². The first kappa shape index (κ1) is 25.6. The standard InChI is InChI=1S/C25H32N4O4S/c1-7-8-11-14-29-25(31)21-13-10-9-12-20(21)22(27-29)24(30)26-28-34(32,33)23-18(5)16(3)15(2)17(4)19(23)6/h9-10,12-13,28H,7-8,11,14H2,1-6H3,(H,26,30). The summed E-state index contributed by atoms with van der Waals surface area (Å²) in [7, 11) is -4.05. The number of hydrogen-bond acceptors (Lipinski definition) is 5. The van der Waals surface area contributed by atoms with Crippen LogP contribution in [-0.4, -0.2) is 24.1 Å². The summed E-state index contributed by atoms with van der Waals surface area (Å²) >= 11 is 0. The summed E-state index contributed by atoms with van der Waals surface area (Å²) in [4.78, 5) is 28.3. The first-order valence-corrected chi connectivity index (χ1v) is 12.9. The number of nitrogens with zero attached hydrogens (tertiary/aromatic N) is 2. The van der Waals surface area contributed by atoms with E-state index >= 15 is 0 Å². The van der Waals surface area contributed by atoms with Crippen molar-refractivity contribution in [3.8, 4) is 0 Å². The van der Waals surface area contributed by atoms with Gasteiger partial charge in [0.2, 0.25) is 0 Å². The zero-order valence-corrected chi connectivity index (χ0v) is 21.4. The third-order valence-electron chi connectivity index (χ3n) is 6.56. The van der Waals surface area contributed by atoms with E-state index in [0.717, 1.165) is 36.0 Å². The fourth-order valence-electron chi connectivity index (χ4n) is 4.16. The van der Waals surface area contributed by atoms with Crippen molar-refractivity contribution in [2.45, 2.75) is 72.2 Å². The van der Waals surface area contributed by atoms with E-state index in [1.165, 1.54) is 4.68 Å². The van der Waals surface area contributed by atoms with E-state index in [-0.39, 0.29) is 16.1 Å². The fourth-order valence-corrected chi connectivity index (χ4v) is 5.60.